The Morgan fingerprint density at radius 3 is 2.86 bits per heavy atom. The van der Waals surface area contributed by atoms with Gasteiger partial charge in [0.2, 0.25) is 6.29 Å². The summed E-state index contributed by atoms with van der Waals surface area (Å²) in [7, 11) is 0. The highest BCUT2D eigenvalue weighted by Gasteiger charge is 2.17. The van der Waals surface area contributed by atoms with E-state index in [2.05, 4.69) is 0 Å². The quantitative estimate of drug-likeness (QED) is 0.657. The number of ether oxygens (including phenoxy) is 1. The number of aliphatic hydroxyl groups excluding tert-OH is 1. The van der Waals surface area contributed by atoms with Gasteiger partial charge in [0.15, 0.2) is 5.76 Å². The molecule has 0 radical (unpaired) electrons. The van der Waals surface area contributed by atoms with E-state index in [9.17, 15) is 4.39 Å². The van der Waals surface area contributed by atoms with Gasteiger partial charge < -0.3 is 14.9 Å². The van der Waals surface area contributed by atoms with Crippen molar-refractivity contribution in [3.63, 3.8) is 0 Å². The van der Waals surface area contributed by atoms with Gasteiger partial charge in [0.1, 0.15) is 11.6 Å². The minimum absolute atomic E-state index is 0.0871. The summed E-state index contributed by atoms with van der Waals surface area (Å²) >= 11 is 0. The van der Waals surface area contributed by atoms with Gasteiger partial charge in [-0.25, -0.2) is 4.39 Å². The van der Waals surface area contributed by atoms with Crippen LogP contribution in [-0.2, 0) is 6.42 Å². The van der Waals surface area contributed by atoms with E-state index in [1.807, 2.05) is 0 Å². The molecule has 14 heavy (non-hydrogen) atoms. The minimum atomic E-state index is -1.62. The number of halogens is 1. The molecule has 0 saturated heterocycles. The molecule has 2 rings (SSSR count). The molecule has 1 aliphatic heterocycles. The summed E-state index contributed by atoms with van der Waals surface area (Å²) in [6, 6.07) is 4.11. The second-order valence-corrected chi connectivity index (χ2v) is 3.04. The van der Waals surface area contributed by atoms with Crippen molar-refractivity contribution in [2.24, 2.45) is 0 Å². The first-order valence-corrected chi connectivity index (χ1v) is 4.19. The standard InChI is InChI=1S/C10H9FO3/c11-7-2-4-8-6(5-7)1-3-9(14-8)10(12)13/h2-5,10,12-13H,1H2. The second-order valence-electron chi connectivity index (χ2n) is 3.04. The first-order valence-electron chi connectivity index (χ1n) is 4.19. The average Bonchev–Trinajstić information content (AvgIpc) is 2.16. The maximum Gasteiger partial charge on any atom is 0.211 e. The number of hydrogen-bond acceptors (Lipinski definition) is 3. The van der Waals surface area contributed by atoms with Crippen LogP contribution in [0.4, 0.5) is 4.39 Å². The van der Waals surface area contributed by atoms with Gasteiger partial charge in [0.05, 0.1) is 0 Å². The van der Waals surface area contributed by atoms with Crippen LogP contribution in [0.1, 0.15) is 5.56 Å². The third kappa shape index (κ3) is 1.62. The Bertz CT molecular complexity index is 385. The summed E-state index contributed by atoms with van der Waals surface area (Å²) < 4.78 is 17.9. The largest absolute Gasteiger partial charge is 0.456 e. The lowest BCUT2D eigenvalue weighted by molar-refractivity contribution is -0.0339. The molecule has 74 valence electrons. The summed E-state index contributed by atoms with van der Waals surface area (Å²) in [6.07, 6.45) is 0.347. The smallest absolute Gasteiger partial charge is 0.211 e. The fourth-order valence-electron chi connectivity index (χ4n) is 1.34. The maximum atomic E-state index is 12.8. The number of rotatable bonds is 1. The van der Waals surface area contributed by atoms with Gasteiger partial charge in [-0.1, -0.05) is 0 Å². The van der Waals surface area contributed by atoms with Crippen LogP contribution < -0.4 is 4.74 Å². The fraction of sp³-hybridized carbons (Fsp3) is 0.200. The van der Waals surface area contributed by atoms with E-state index < -0.39 is 6.29 Å². The Morgan fingerprint density at radius 1 is 1.36 bits per heavy atom. The normalized spacial score (nSPS) is 14.7. The molecule has 0 unspecified atom stereocenters. The van der Waals surface area contributed by atoms with E-state index in [4.69, 9.17) is 14.9 Å². The van der Waals surface area contributed by atoms with Crippen LogP contribution in [0.2, 0.25) is 0 Å². The van der Waals surface area contributed by atoms with Gasteiger partial charge in [-0.2, -0.15) is 0 Å². The van der Waals surface area contributed by atoms with Crippen LogP contribution in [-0.4, -0.2) is 16.5 Å². The summed E-state index contributed by atoms with van der Waals surface area (Å²) in [6.45, 7) is 0. The summed E-state index contributed by atoms with van der Waals surface area (Å²) in [5.41, 5.74) is 0.703. The Hall–Kier alpha value is -1.39. The van der Waals surface area contributed by atoms with E-state index in [1.54, 1.807) is 0 Å². The number of hydrogen-bond donors (Lipinski definition) is 2. The Balaban J connectivity index is 2.30. The average molecular weight is 196 g/mol. The van der Waals surface area contributed by atoms with E-state index >= 15 is 0 Å². The number of allylic oxidation sites excluding steroid dienone is 1. The molecule has 0 spiro atoms. The highest BCUT2D eigenvalue weighted by molar-refractivity contribution is 5.39. The van der Waals surface area contributed by atoms with Crippen molar-refractivity contribution >= 4 is 0 Å². The fourth-order valence-corrected chi connectivity index (χ4v) is 1.34. The molecule has 1 heterocycles. The highest BCUT2D eigenvalue weighted by Crippen LogP contribution is 2.27. The Morgan fingerprint density at radius 2 is 2.14 bits per heavy atom. The number of fused-ring (bicyclic) bond motifs is 1. The maximum absolute atomic E-state index is 12.8. The predicted molar refractivity (Wildman–Crippen MR) is 47.0 cm³/mol. The lowest BCUT2D eigenvalue weighted by Crippen LogP contribution is -2.17. The molecular weight excluding hydrogens is 187 g/mol. The number of aliphatic hydroxyl groups is 2. The zero-order valence-electron chi connectivity index (χ0n) is 7.27. The van der Waals surface area contributed by atoms with Gasteiger partial charge in [-0.15, -0.1) is 0 Å². The van der Waals surface area contributed by atoms with Crippen molar-refractivity contribution in [3.05, 3.63) is 41.4 Å². The molecule has 0 aliphatic carbocycles. The predicted octanol–water partition coefficient (Wildman–Crippen LogP) is 0.955. The van der Waals surface area contributed by atoms with E-state index in [0.717, 1.165) is 0 Å². The molecular formula is C10H9FO3. The Labute approximate surface area is 80.1 Å². The third-order valence-corrected chi connectivity index (χ3v) is 2.03. The van der Waals surface area contributed by atoms with Gasteiger partial charge in [-0.05, 0) is 30.7 Å². The molecule has 0 saturated carbocycles. The topological polar surface area (TPSA) is 49.7 Å². The van der Waals surface area contributed by atoms with Crippen LogP contribution in [0.3, 0.4) is 0 Å². The monoisotopic (exact) mass is 196 g/mol. The first-order chi connectivity index (χ1) is 6.66. The van der Waals surface area contributed by atoms with Crippen molar-refractivity contribution < 1.29 is 19.3 Å². The van der Waals surface area contributed by atoms with Gasteiger partial charge in [0.25, 0.3) is 0 Å². The zero-order chi connectivity index (χ0) is 10.1. The van der Waals surface area contributed by atoms with Crippen molar-refractivity contribution in [2.75, 3.05) is 0 Å². The molecule has 3 nitrogen and oxygen atoms in total. The SMILES string of the molecule is OC(O)C1=CCc2cc(F)ccc2O1. The zero-order valence-corrected chi connectivity index (χ0v) is 7.27. The molecule has 4 heteroatoms. The van der Waals surface area contributed by atoms with Gasteiger partial charge in [0, 0.05) is 5.56 Å². The van der Waals surface area contributed by atoms with Crippen molar-refractivity contribution in [2.45, 2.75) is 12.7 Å². The molecule has 0 fully saturated rings. The molecule has 0 aromatic heterocycles. The summed E-state index contributed by atoms with van der Waals surface area (Å²) in [4.78, 5) is 0. The van der Waals surface area contributed by atoms with Gasteiger partial charge in [-0.3, -0.25) is 0 Å². The van der Waals surface area contributed by atoms with Crippen LogP contribution in [0.25, 0.3) is 0 Å². The number of benzene rings is 1. The third-order valence-electron chi connectivity index (χ3n) is 2.03. The lowest BCUT2D eigenvalue weighted by Gasteiger charge is -2.18. The lowest BCUT2D eigenvalue weighted by atomic mass is 10.1. The van der Waals surface area contributed by atoms with Crippen LogP contribution in [0, 0.1) is 5.82 Å². The molecule has 0 bridgehead atoms. The van der Waals surface area contributed by atoms with Crippen LogP contribution in [0.15, 0.2) is 30.0 Å². The first kappa shape index (κ1) is 9.18. The van der Waals surface area contributed by atoms with Gasteiger partial charge >= 0.3 is 0 Å². The van der Waals surface area contributed by atoms with E-state index in [-0.39, 0.29) is 11.6 Å². The minimum Gasteiger partial charge on any atom is -0.456 e. The van der Waals surface area contributed by atoms with Crippen LogP contribution in [0.5, 0.6) is 5.75 Å². The van der Waals surface area contributed by atoms with Crippen molar-refractivity contribution in [1.29, 1.82) is 0 Å². The van der Waals surface area contributed by atoms with E-state index in [1.165, 1.54) is 24.3 Å². The highest BCUT2D eigenvalue weighted by atomic mass is 19.1. The van der Waals surface area contributed by atoms with E-state index in [0.29, 0.717) is 17.7 Å². The molecule has 1 aliphatic rings. The van der Waals surface area contributed by atoms with Crippen molar-refractivity contribution in [1.82, 2.24) is 0 Å². The second kappa shape index (κ2) is 3.40. The van der Waals surface area contributed by atoms with Crippen molar-refractivity contribution in [3.8, 4) is 5.75 Å². The molecule has 2 N–H and O–H groups in total. The van der Waals surface area contributed by atoms with Crippen LogP contribution >= 0.6 is 0 Å². The molecule has 1 aromatic carbocycles. The summed E-state index contributed by atoms with van der Waals surface area (Å²) in [5.74, 6) is 0.231. The molecule has 1 aromatic rings. The molecule has 0 atom stereocenters. The Kier molecular flexibility index (Phi) is 2.23. The summed E-state index contributed by atoms with van der Waals surface area (Å²) in [5, 5.41) is 17.7. The molecule has 0 amide bonds.